The molecule has 20 heavy (non-hydrogen) atoms. The molecule has 0 spiro atoms. The summed E-state index contributed by atoms with van der Waals surface area (Å²) in [5.41, 5.74) is 0.807. The maximum absolute atomic E-state index is 11.5. The molecule has 0 aliphatic carbocycles. The van der Waals surface area contributed by atoms with Gasteiger partial charge in [0.05, 0.1) is 11.1 Å². The molecule has 1 aromatic rings. The van der Waals surface area contributed by atoms with Crippen molar-refractivity contribution in [1.82, 2.24) is 5.32 Å². The van der Waals surface area contributed by atoms with E-state index in [2.05, 4.69) is 5.32 Å². The second-order valence-electron chi connectivity index (χ2n) is 4.48. The van der Waals surface area contributed by atoms with Crippen LogP contribution in [0.5, 0.6) is 5.75 Å². The Kier molecular flexibility index (Phi) is 7.13. The van der Waals surface area contributed by atoms with Gasteiger partial charge in [-0.25, -0.2) is 4.79 Å². The summed E-state index contributed by atoms with van der Waals surface area (Å²) >= 11 is 12.1. The number of benzene rings is 1. The van der Waals surface area contributed by atoms with Gasteiger partial charge in [-0.1, -0.05) is 30.1 Å². The van der Waals surface area contributed by atoms with Gasteiger partial charge in [-0.05, 0) is 32.5 Å². The highest BCUT2D eigenvalue weighted by Crippen LogP contribution is 2.32. The molecule has 0 aromatic heterocycles. The van der Waals surface area contributed by atoms with Gasteiger partial charge < -0.3 is 14.8 Å². The van der Waals surface area contributed by atoms with E-state index in [1.807, 2.05) is 6.92 Å². The second kappa shape index (κ2) is 8.35. The second-order valence-corrected chi connectivity index (χ2v) is 5.33. The third kappa shape index (κ3) is 5.57. The number of halogens is 2. The highest BCUT2D eigenvalue weighted by atomic mass is 35.5. The summed E-state index contributed by atoms with van der Waals surface area (Å²) in [7, 11) is 0. The third-order valence-corrected chi connectivity index (χ3v) is 2.85. The van der Waals surface area contributed by atoms with Gasteiger partial charge in [0.2, 0.25) is 0 Å². The van der Waals surface area contributed by atoms with Gasteiger partial charge in [-0.3, -0.25) is 0 Å². The first-order chi connectivity index (χ1) is 9.43. The largest absolute Gasteiger partial charge is 0.480 e. The Morgan fingerprint density at radius 1 is 1.35 bits per heavy atom. The normalized spacial score (nSPS) is 10.7. The van der Waals surface area contributed by atoms with Crippen molar-refractivity contribution < 1.29 is 14.3 Å². The minimum Gasteiger partial charge on any atom is -0.480 e. The maximum Gasteiger partial charge on any atom is 0.344 e. The number of nitrogens with one attached hydrogen (secondary N) is 1. The Bertz CT molecular complexity index is 464. The molecule has 0 heterocycles. The van der Waals surface area contributed by atoms with Crippen LogP contribution < -0.4 is 10.1 Å². The fourth-order valence-electron chi connectivity index (χ4n) is 1.59. The Morgan fingerprint density at radius 3 is 2.65 bits per heavy atom. The number of carbonyl (C=O) groups is 1. The van der Waals surface area contributed by atoms with E-state index in [1.165, 1.54) is 0 Å². The number of esters is 1. The average Bonchev–Trinajstić information content (AvgIpc) is 2.33. The summed E-state index contributed by atoms with van der Waals surface area (Å²) in [6.07, 6.45) is -0.173. The highest BCUT2D eigenvalue weighted by Gasteiger charge is 2.13. The lowest BCUT2D eigenvalue weighted by Crippen LogP contribution is -2.20. The van der Waals surface area contributed by atoms with Gasteiger partial charge >= 0.3 is 5.97 Å². The third-order valence-electron chi connectivity index (χ3n) is 2.35. The molecule has 0 unspecified atom stereocenters. The van der Waals surface area contributed by atoms with E-state index < -0.39 is 5.97 Å². The molecular weight excluding hydrogens is 301 g/mol. The molecule has 0 amide bonds. The number of ether oxygens (including phenoxy) is 2. The lowest BCUT2D eigenvalue weighted by Gasteiger charge is -2.14. The molecule has 0 saturated carbocycles. The van der Waals surface area contributed by atoms with E-state index in [4.69, 9.17) is 32.7 Å². The molecule has 1 N–H and O–H groups in total. The molecule has 0 aliphatic rings. The van der Waals surface area contributed by atoms with Crippen LogP contribution in [0.4, 0.5) is 0 Å². The minimum absolute atomic E-state index is 0.173. The number of carbonyl (C=O) groups excluding carboxylic acids is 1. The van der Waals surface area contributed by atoms with E-state index in [0.29, 0.717) is 22.3 Å². The molecule has 1 rings (SSSR count). The zero-order valence-electron chi connectivity index (χ0n) is 11.8. The van der Waals surface area contributed by atoms with Crippen molar-refractivity contribution in [3.63, 3.8) is 0 Å². The number of hydrogen-bond acceptors (Lipinski definition) is 4. The first-order valence-electron chi connectivity index (χ1n) is 6.45. The van der Waals surface area contributed by atoms with Gasteiger partial charge in [-0.2, -0.15) is 0 Å². The molecule has 1 aromatic carbocycles. The van der Waals surface area contributed by atoms with Crippen LogP contribution in [0.25, 0.3) is 0 Å². The summed E-state index contributed by atoms with van der Waals surface area (Å²) in [6, 6.07) is 3.35. The van der Waals surface area contributed by atoms with Crippen molar-refractivity contribution in [2.24, 2.45) is 0 Å². The van der Waals surface area contributed by atoms with Crippen LogP contribution in [0.2, 0.25) is 10.0 Å². The summed E-state index contributed by atoms with van der Waals surface area (Å²) in [6.45, 7) is 6.74. The van der Waals surface area contributed by atoms with E-state index in [1.54, 1.807) is 26.0 Å². The van der Waals surface area contributed by atoms with Crippen LogP contribution in [0.3, 0.4) is 0 Å². The lowest BCUT2D eigenvalue weighted by atomic mass is 10.2. The number of rotatable bonds is 7. The first kappa shape index (κ1) is 17.1. The standard InChI is InChI=1S/C14H19Cl2NO3/c1-4-17-7-10-5-11(15)6-12(16)14(10)19-8-13(18)20-9(2)3/h5-6,9,17H,4,7-8H2,1-3H3. The Hall–Kier alpha value is -0.970. The maximum atomic E-state index is 11.5. The highest BCUT2D eigenvalue weighted by molar-refractivity contribution is 6.35. The predicted molar refractivity (Wildman–Crippen MR) is 80.6 cm³/mol. The summed E-state index contributed by atoms with van der Waals surface area (Å²) < 4.78 is 10.5. The zero-order valence-corrected chi connectivity index (χ0v) is 13.3. The molecule has 0 aliphatic heterocycles. The quantitative estimate of drug-likeness (QED) is 0.782. The molecular formula is C14H19Cl2NO3. The van der Waals surface area contributed by atoms with E-state index in [-0.39, 0.29) is 12.7 Å². The molecule has 0 atom stereocenters. The van der Waals surface area contributed by atoms with Crippen LogP contribution >= 0.6 is 23.2 Å². The van der Waals surface area contributed by atoms with Crippen LogP contribution in [0, 0.1) is 0 Å². The minimum atomic E-state index is -0.430. The van der Waals surface area contributed by atoms with Crippen molar-refractivity contribution in [1.29, 1.82) is 0 Å². The van der Waals surface area contributed by atoms with Crippen molar-refractivity contribution in [3.8, 4) is 5.75 Å². The van der Waals surface area contributed by atoms with Gasteiger partial charge in [0, 0.05) is 17.1 Å². The first-order valence-corrected chi connectivity index (χ1v) is 7.20. The molecule has 4 nitrogen and oxygen atoms in total. The van der Waals surface area contributed by atoms with Crippen molar-refractivity contribution in [2.45, 2.75) is 33.4 Å². The molecule has 0 saturated heterocycles. The fourth-order valence-corrected chi connectivity index (χ4v) is 2.18. The Labute approximate surface area is 129 Å². The molecule has 0 radical (unpaired) electrons. The van der Waals surface area contributed by atoms with Gasteiger partial charge in [-0.15, -0.1) is 0 Å². The van der Waals surface area contributed by atoms with Gasteiger partial charge in [0.1, 0.15) is 5.75 Å². The molecule has 6 heteroatoms. The lowest BCUT2D eigenvalue weighted by molar-refractivity contribution is -0.149. The summed E-state index contributed by atoms with van der Waals surface area (Å²) in [5, 5.41) is 4.07. The molecule has 112 valence electrons. The zero-order chi connectivity index (χ0) is 15.1. The van der Waals surface area contributed by atoms with Crippen LogP contribution in [0.1, 0.15) is 26.3 Å². The predicted octanol–water partition coefficient (Wildman–Crippen LogP) is 3.43. The van der Waals surface area contributed by atoms with Gasteiger partial charge in [0.25, 0.3) is 0 Å². The average molecular weight is 320 g/mol. The van der Waals surface area contributed by atoms with Gasteiger partial charge in [0.15, 0.2) is 6.61 Å². The van der Waals surface area contributed by atoms with Crippen LogP contribution in [-0.2, 0) is 16.1 Å². The number of hydrogen-bond donors (Lipinski definition) is 1. The summed E-state index contributed by atoms with van der Waals surface area (Å²) in [4.78, 5) is 11.5. The van der Waals surface area contributed by atoms with E-state index in [9.17, 15) is 4.79 Å². The molecule has 0 bridgehead atoms. The van der Waals surface area contributed by atoms with Crippen molar-refractivity contribution >= 4 is 29.2 Å². The molecule has 0 fully saturated rings. The SMILES string of the molecule is CCNCc1cc(Cl)cc(Cl)c1OCC(=O)OC(C)C. The van der Waals surface area contributed by atoms with Crippen molar-refractivity contribution in [2.75, 3.05) is 13.2 Å². The fraction of sp³-hybridized carbons (Fsp3) is 0.500. The van der Waals surface area contributed by atoms with E-state index in [0.717, 1.165) is 12.1 Å². The smallest absolute Gasteiger partial charge is 0.344 e. The Balaban J connectivity index is 2.79. The monoisotopic (exact) mass is 319 g/mol. The van der Waals surface area contributed by atoms with Crippen LogP contribution in [-0.4, -0.2) is 25.2 Å². The van der Waals surface area contributed by atoms with Crippen molar-refractivity contribution in [3.05, 3.63) is 27.7 Å². The Morgan fingerprint density at radius 2 is 2.05 bits per heavy atom. The topological polar surface area (TPSA) is 47.6 Å². The van der Waals surface area contributed by atoms with E-state index >= 15 is 0 Å². The van der Waals surface area contributed by atoms with Crippen LogP contribution in [0.15, 0.2) is 12.1 Å². The summed E-state index contributed by atoms with van der Waals surface area (Å²) in [5.74, 6) is 0.0261.